The number of amides is 1. The van der Waals surface area contributed by atoms with E-state index in [1.165, 1.54) is 19.3 Å². The fraction of sp³-hybridized carbons (Fsp3) is 0.150. The lowest BCUT2D eigenvalue weighted by Gasteiger charge is -2.13. The van der Waals surface area contributed by atoms with Gasteiger partial charge in [0.05, 0.1) is 7.11 Å². The van der Waals surface area contributed by atoms with E-state index in [1.807, 2.05) is 6.07 Å². The molecule has 2 aromatic carbocycles. The number of primary amides is 1. The number of nitrogens with zero attached hydrogens (tertiary/aromatic N) is 1. The molecule has 0 spiro atoms. The molecule has 2 N–H and O–H groups in total. The van der Waals surface area contributed by atoms with E-state index in [-0.39, 0.29) is 6.61 Å². The molecule has 2 rings (SSSR count). The van der Waals surface area contributed by atoms with E-state index in [0.29, 0.717) is 22.6 Å². The molecular formula is C20H18N2O5. The van der Waals surface area contributed by atoms with Gasteiger partial charge in [-0.05, 0) is 23.8 Å². The minimum atomic E-state index is -1.17. The first kappa shape index (κ1) is 19.5. The number of methoxy groups -OCH3 is 1. The first-order valence-electron chi connectivity index (χ1n) is 7.96. The zero-order valence-electron chi connectivity index (χ0n) is 14.6. The van der Waals surface area contributed by atoms with E-state index in [2.05, 4.69) is 0 Å². The summed E-state index contributed by atoms with van der Waals surface area (Å²) in [7, 11) is 1.47. The van der Waals surface area contributed by atoms with Crippen molar-refractivity contribution in [2.24, 2.45) is 5.73 Å². The Kier molecular flexibility index (Phi) is 6.97. The summed E-state index contributed by atoms with van der Waals surface area (Å²) in [5.74, 6) is -0.647. The molecule has 0 saturated carbocycles. The van der Waals surface area contributed by atoms with Crippen molar-refractivity contribution >= 4 is 18.0 Å². The number of carbonyl (C=O) groups excluding carboxylic acids is 2. The molecule has 0 aliphatic carbocycles. The van der Waals surface area contributed by atoms with Crippen LogP contribution in [0.4, 0.5) is 0 Å². The molecular weight excluding hydrogens is 348 g/mol. The van der Waals surface area contributed by atoms with Crippen LogP contribution in [0.1, 0.15) is 17.2 Å². The smallest absolute Gasteiger partial charge is 0.331 e. The van der Waals surface area contributed by atoms with Gasteiger partial charge in [0, 0.05) is 11.6 Å². The quantitative estimate of drug-likeness (QED) is 0.567. The predicted molar refractivity (Wildman–Crippen MR) is 97.6 cm³/mol. The molecule has 138 valence electrons. The van der Waals surface area contributed by atoms with Gasteiger partial charge >= 0.3 is 5.97 Å². The zero-order chi connectivity index (χ0) is 19.6. The first-order valence-corrected chi connectivity index (χ1v) is 7.96. The van der Waals surface area contributed by atoms with Gasteiger partial charge in [0.2, 0.25) is 6.10 Å². The van der Waals surface area contributed by atoms with Crippen LogP contribution in [-0.2, 0) is 14.3 Å². The van der Waals surface area contributed by atoms with Gasteiger partial charge in [0.1, 0.15) is 6.07 Å². The van der Waals surface area contributed by atoms with E-state index >= 15 is 0 Å². The number of carbonyl (C=O) groups is 2. The van der Waals surface area contributed by atoms with Crippen LogP contribution in [0.25, 0.3) is 6.08 Å². The number of nitriles is 1. The number of hydrogen-bond acceptors (Lipinski definition) is 6. The van der Waals surface area contributed by atoms with Crippen molar-refractivity contribution in [3.05, 3.63) is 65.7 Å². The summed E-state index contributed by atoms with van der Waals surface area (Å²) in [5.41, 5.74) is 6.46. The maximum atomic E-state index is 12.1. The van der Waals surface area contributed by atoms with E-state index in [9.17, 15) is 9.59 Å². The molecule has 27 heavy (non-hydrogen) atoms. The predicted octanol–water partition coefficient (Wildman–Crippen LogP) is 2.38. The summed E-state index contributed by atoms with van der Waals surface area (Å²) in [6.07, 6.45) is 1.52. The fourth-order valence-electron chi connectivity index (χ4n) is 2.26. The SMILES string of the molecule is COc1cc(/C=C\C(=O)O[C@H](C(N)=O)c2ccccc2)ccc1OCC#N. The Morgan fingerprint density at radius 2 is 1.93 bits per heavy atom. The minimum Gasteiger partial charge on any atom is -0.493 e. The molecule has 0 aliphatic heterocycles. The summed E-state index contributed by atoms with van der Waals surface area (Å²) in [5, 5.41) is 8.57. The van der Waals surface area contributed by atoms with Gasteiger partial charge in [-0.1, -0.05) is 36.4 Å². The van der Waals surface area contributed by atoms with Crippen molar-refractivity contribution in [1.82, 2.24) is 0 Å². The molecule has 0 heterocycles. The largest absolute Gasteiger partial charge is 0.493 e. The highest BCUT2D eigenvalue weighted by molar-refractivity contribution is 5.90. The van der Waals surface area contributed by atoms with E-state index < -0.39 is 18.0 Å². The number of nitrogens with two attached hydrogens (primary N) is 1. The molecule has 7 nitrogen and oxygen atoms in total. The monoisotopic (exact) mass is 366 g/mol. The Labute approximate surface area is 156 Å². The molecule has 0 aromatic heterocycles. The molecule has 0 unspecified atom stereocenters. The Morgan fingerprint density at radius 1 is 1.19 bits per heavy atom. The number of ether oxygens (including phenoxy) is 3. The molecule has 0 saturated heterocycles. The number of rotatable bonds is 8. The minimum absolute atomic E-state index is 0.105. The van der Waals surface area contributed by atoms with Crippen LogP contribution in [0, 0.1) is 11.3 Å². The molecule has 1 atom stereocenters. The topological polar surface area (TPSA) is 112 Å². The van der Waals surface area contributed by atoms with Gasteiger partial charge in [0.15, 0.2) is 18.1 Å². The van der Waals surface area contributed by atoms with Crippen molar-refractivity contribution in [1.29, 1.82) is 5.26 Å². The third-order valence-electron chi connectivity index (χ3n) is 3.49. The molecule has 0 radical (unpaired) electrons. The number of hydrogen-bond donors (Lipinski definition) is 1. The second-order valence-electron chi connectivity index (χ2n) is 5.32. The lowest BCUT2D eigenvalue weighted by molar-refractivity contribution is -0.150. The van der Waals surface area contributed by atoms with E-state index in [4.69, 9.17) is 25.2 Å². The highest BCUT2D eigenvalue weighted by atomic mass is 16.5. The van der Waals surface area contributed by atoms with Crippen LogP contribution in [0.2, 0.25) is 0 Å². The third kappa shape index (κ3) is 5.61. The van der Waals surface area contributed by atoms with E-state index in [0.717, 1.165) is 0 Å². The van der Waals surface area contributed by atoms with Crippen molar-refractivity contribution in [3.8, 4) is 17.6 Å². The summed E-state index contributed by atoms with van der Waals surface area (Å²) >= 11 is 0. The average Bonchev–Trinajstić information content (AvgIpc) is 2.69. The third-order valence-corrected chi connectivity index (χ3v) is 3.49. The maximum Gasteiger partial charge on any atom is 0.331 e. The Bertz CT molecular complexity index is 872. The second-order valence-corrected chi connectivity index (χ2v) is 5.32. The van der Waals surface area contributed by atoms with Crippen LogP contribution in [0.3, 0.4) is 0 Å². The maximum absolute atomic E-state index is 12.1. The van der Waals surface area contributed by atoms with Crippen molar-refractivity contribution in [2.75, 3.05) is 13.7 Å². The number of esters is 1. The van der Waals surface area contributed by atoms with Gasteiger partial charge in [0.25, 0.3) is 5.91 Å². The first-order chi connectivity index (χ1) is 13.0. The van der Waals surface area contributed by atoms with Gasteiger partial charge < -0.3 is 19.9 Å². The van der Waals surface area contributed by atoms with Crippen LogP contribution in [-0.4, -0.2) is 25.6 Å². The zero-order valence-corrected chi connectivity index (χ0v) is 14.6. The van der Waals surface area contributed by atoms with E-state index in [1.54, 1.807) is 48.5 Å². The molecule has 0 aliphatic rings. The highest BCUT2D eigenvalue weighted by Gasteiger charge is 2.21. The average molecular weight is 366 g/mol. The lowest BCUT2D eigenvalue weighted by Crippen LogP contribution is -2.25. The van der Waals surface area contributed by atoms with Crippen LogP contribution in [0.5, 0.6) is 11.5 Å². The lowest BCUT2D eigenvalue weighted by atomic mass is 10.1. The normalized spacial score (nSPS) is 11.4. The summed E-state index contributed by atoms with van der Waals surface area (Å²) in [6, 6.07) is 15.3. The van der Waals surface area contributed by atoms with Crippen LogP contribution in [0.15, 0.2) is 54.6 Å². The fourth-order valence-corrected chi connectivity index (χ4v) is 2.26. The Morgan fingerprint density at radius 3 is 2.56 bits per heavy atom. The second kappa shape index (κ2) is 9.63. The summed E-state index contributed by atoms with van der Waals surface area (Å²) in [4.78, 5) is 23.6. The van der Waals surface area contributed by atoms with Crippen molar-refractivity contribution in [3.63, 3.8) is 0 Å². The summed E-state index contributed by atoms with van der Waals surface area (Å²) in [6.45, 7) is -0.105. The van der Waals surface area contributed by atoms with Gasteiger partial charge in [-0.3, -0.25) is 4.79 Å². The molecule has 0 bridgehead atoms. The van der Waals surface area contributed by atoms with Crippen molar-refractivity contribution < 1.29 is 23.8 Å². The van der Waals surface area contributed by atoms with Gasteiger partial charge in [-0.15, -0.1) is 0 Å². The Hall–Kier alpha value is -3.79. The van der Waals surface area contributed by atoms with Crippen LogP contribution >= 0.6 is 0 Å². The highest BCUT2D eigenvalue weighted by Crippen LogP contribution is 2.28. The molecule has 1 amide bonds. The van der Waals surface area contributed by atoms with Gasteiger partial charge in [-0.25, -0.2) is 4.79 Å². The molecule has 0 fully saturated rings. The van der Waals surface area contributed by atoms with Crippen LogP contribution < -0.4 is 15.2 Å². The summed E-state index contributed by atoms with van der Waals surface area (Å²) < 4.78 is 15.6. The van der Waals surface area contributed by atoms with Crippen molar-refractivity contribution in [2.45, 2.75) is 6.10 Å². The number of benzene rings is 2. The van der Waals surface area contributed by atoms with Gasteiger partial charge in [-0.2, -0.15) is 5.26 Å². The molecule has 7 heteroatoms. The molecule has 2 aromatic rings. The Balaban J connectivity index is 2.09. The standard InChI is InChI=1S/C20H18N2O5/c1-25-17-13-14(7-9-16(17)26-12-11-21)8-10-18(23)27-19(20(22)24)15-5-3-2-4-6-15/h2-10,13,19H,12H2,1H3,(H2,22,24)/b10-8-/t19-/m0/s1.